The van der Waals surface area contributed by atoms with Crippen LogP contribution in [0.2, 0.25) is 5.02 Å². The number of fused-ring (bicyclic) bond motifs is 1. The van der Waals surface area contributed by atoms with Crippen LogP contribution in [0.25, 0.3) is 11.1 Å². The molecule has 1 N–H and O–H groups in total. The number of nitriles is 1. The summed E-state index contributed by atoms with van der Waals surface area (Å²) in [5, 5.41) is 12.3. The maximum atomic E-state index is 12.4. The Hall–Kier alpha value is -5.65. The minimum absolute atomic E-state index is 0.0820. The van der Waals surface area contributed by atoms with Crippen LogP contribution in [0.4, 0.5) is 0 Å². The molecule has 47 heavy (non-hydrogen) atoms. The van der Waals surface area contributed by atoms with E-state index >= 15 is 0 Å². The third kappa shape index (κ3) is 6.67. The average molecular weight is 644 g/mol. The van der Waals surface area contributed by atoms with E-state index in [1.807, 2.05) is 56.3 Å². The van der Waals surface area contributed by atoms with Gasteiger partial charge in [0.05, 0.1) is 16.1 Å². The Morgan fingerprint density at radius 2 is 1.60 bits per heavy atom. The van der Waals surface area contributed by atoms with Gasteiger partial charge in [-0.15, -0.1) is 0 Å². The summed E-state index contributed by atoms with van der Waals surface area (Å²) in [6.45, 7) is 4.98. The van der Waals surface area contributed by atoms with Gasteiger partial charge in [-0.25, -0.2) is 0 Å². The van der Waals surface area contributed by atoms with E-state index in [1.165, 1.54) is 12.3 Å². The molecule has 1 aliphatic rings. The number of amides is 1. The summed E-state index contributed by atoms with van der Waals surface area (Å²) in [6.07, 6.45) is 4.45. The van der Waals surface area contributed by atoms with Crippen molar-refractivity contribution in [3.05, 3.63) is 135 Å². The molecular formula is C38H30ClN3O5. The van der Waals surface area contributed by atoms with E-state index in [2.05, 4.69) is 28.5 Å². The second-order valence-electron chi connectivity index (χ2n) is 11.1. The first-order chi connectivity index (χ1) is 22.9. The van der Waals surface area contributed by atoms with Gasteiger partial charge in [0.2, 0.25) is 0 Å². The standard InChI is InChI=1S/C38H30ClN3O5/c1-23-27(22-46-37-16-36(28(20-43)15-33(37)39)45-21-26-14-25(17-40)18-41-19-26)6-3-7-29(23)30-8-4-10-34(24(30)2)47-35-11-5-9-32-31(35)12-13-42-38(32)44/h3-11,14-16,18-20H,12-13,21-22H2,1-2H3,(H,42,44). The van der Waals surface area contributed by atoms with Crippen LogP contribution in [0.1, 0.15) is 54.1 Å². The third-order valence-electron chi connectivity index (χ3n) is 8.17. The minimum atomic E-state index is -0.0820. The SMILES string of the molecule is Cc1c(COc2cc(OCc3cncc(C#N)c3)c(C=O)cc2Cl)cccc1-c1cccc(Oc2cccc3c2CCNC3=O)c1C. The predicted octanol–water partition coefficient (Wildman–Crippen LogP) is 7.94. The summed E-state index contributed by atoms with van der Waals surface area (Å²) in [7, 11) is 0. The average Bonchev–Trinajstić information content (AvgIpc) is 3.09. The van der Waals surface area contributed by atoms with E-state index in [1.54, 1.807) is 18.3 Å². The first-order valence-electron chi connectivity index (χ1n) is 15.0. The van der Waals surface area contributed by atoms with Crippen LogP contribution in [-0.4, -0.2) is 23.7 Å². The van der Waals surface area contributed by atoms with Crippen molar-refractivity contribution in [3.63, 3.8) is 0 Å². The minimum Gasteiger partial charge on any atom is -0.488 e. The highest BCUT2D eigenvalue weighted by Crippen LogP contribution is 2.38. The highest BCUT2D eigenvalue weighted by atomic mass is 35.5. The lowest BCUT2D eigenvalue weighted by atomic mass is 9.93. The van der Waals surface area contributed by atoms with Gasteiger partial charge < -0.3 is 19.5 Å². The molecule has 2 heterocycles. The molecule has 0 radical (unpaired) electrons. The van der Waals surface area contributed by atoms with Gasteiger partial charge in [0, 0.05) is 41.7 Å². The zero-order chi connectivity index (χ0) is 32.9. The van der Waals surface area contributed by atoms with Crippen molar-refractivity contribution >= 4 is 23.8 Å². The van der Waals surface area contributed by atoms with Crippen LogP contribution in [-0.2, 0) is 19.6 Å². The van der Waals surface area contributed by atoms with Crippen molar-refractivity contribution in [1.29, 1.82) is 5.26 Å². The Labute approximate surface area is 277 Å². The fourth-order valence-electron chi connectivity index (χ4n) is 5.62. The Morgan fingerprint density at radius 1 is 0.872 bits per heavy atom. The van der Waals surface area contributed by atoms with Crippen molar-refractivity contribution < 1.29 is 23.8 Å². The molecule has 0 bridgehead atoms. The number of hydrogen-bond acceptors (Lipinski definition) is 7. The predicted molar refractivity (Wildman–Crippen MR) is 178 cm³/mol. The molecule has 6 rings (SSSR count). The summed E-state index contributed by atoms with van der Waals surface area (Å²) < 4.78 is 18.5. The third-order valence-corrected chi connectivity index (χ3v) is 8.47. The van der Waals surface area contributed by atoms with E-state index in [4.69, 9.17) is 31.1 Å². The first-order valence-corrected chi connectivity index (χ1v) is 15.4. The highest BCUT2D eigenvalue weighted by molar-refractivity contribution is 6.32. The monoisotopic (exact) mass is 643 g/mol. The van der Waals surface area contributed by atoms with E-state index in [0.717, 1.165) is 33.4 Å². The van der Waals surface area contributed by atoms with E-state index in [0.29, 0.717) is 58.9 Å². The molecule has 9 heteroatoms. The van der Waals surface area contributed by atoms with E-state index in [-0.39, 0.29) is 29.7 Å². The molecule has 0 unspecified atom stereocenters. The zero-order valence-corrected chi connectivity index (χ0v) is 26.6. The molecule has 8 nitrogen and oxygen atoms in total. The fraction of sp³-hybridized carbons (Fsp3) is 0.158. The summed E-state index contributed by atoms with van der Waals surface area (Å²) in [4.78, 5) is 28.2. The van der Waals surface area contributed by atoms with Gasteiger partial charge in [-0.1, -0.05) is 48.0 Å². The maximum Gasteiger partial charge on any atom is 0.251 e. The summed E-state index contributed by atoms with van der Waals surface area (Å²) >= 11 is 6.51. The van der Waals surface area contributed by atoms with Gasteiger partial charge in [-0.3, -0.25) is 14.6 Å². The van der Waals surface area contributed by atoms with Gasteiger partial charge in [0.1, 0.15) is 42.3 Å². The quantitative estimate of drug-likeness (QED) is 0.154. The lowest BCUT2D eigenvalue weighted by molar-refractivity contribution is 0.0945. The fourth-order valence-corrected chi connectivity index (χ4v) is 5.84. The van der Waals surface area contributed by atoms with Gasteiger partial charge in [-0.2, -0.15) is 5.26 Å². The molecule has 5 aromatic rings. The second kappa shape index (κ2) is 13.8. The molecule has 0 saturated carbocycles. The van der Waals surface area contributed by atoms with Gasteiger partial charge >= 0.3 is 0 Å². The molecule has 0 fully saturated rings. The highest BCUT2D eigenvalue weighted by Gasteiger charge is 2.21. The molecule has 234 valence electrons. The Morgan fingerprint density at radius 3 is 2.38 bits per heavy atom. The largest absolute Gasteiger partial charge is 0.488 e. The molecule has 0 spiro atoms. The molecule has 0 aliphatic carbocycles. The van der Waals surface area contributed by atoms with Gasteiger partial charge in [0.15, 0.2) is 6.29 Å². The molecule has 1 amide bonds. The van der Waals surface area contributed by atoms with Gasteiger partial charge in [-0.05, 0) is 78.4 Å². The molecule has 0 saturated heterocycles. The number of halogens is 1. The van der Waals surface area contributed by atoms with Crippen LogP contribution < -0.4 is 19.5 Å². The van der Waals surface area contributed by atoms with E-state index in [9.17, 15) is 9.59 Å². The second-order valence-corrected chi connectivity index (χ2v) is 11.5. The van der Waals surface area contributed by atoms with E-state index < -0.39 is 0 Å². The van der Waals surface area contributed by atoms with Crippen molar-refractivity contribution in [2.24, 2.45) is 0 Å². The number of benzene rings is 4. The van der Waals surface area contributed by atoms with Crippen molar-refractivity contribution in [3.8, 4) is 40.2 Å². The number of carbonyl (C=O) groups is 2. The Balaban J connectivity index is 1.22. The number of nitrogens with one attached hydrogen (secondary N) is 1. The molecule has 1 aromatic heterocycles. The number of pyridine rings is 1. The van der Waals surface area contributed by atoms with Crippen LogP contribution in [0.15, 0.2) is 85.2 Å². The summed E-state index contributed by atoms with van der Waals surface area (Å²) in [5.74, 6) is 1.99. The molecular weight excluding hydrogens is 614 g/mol. The van der Waals surface area contributed by atoms with Crippen molar-refractivity contribution in [1.82, 2.24) is 10.3 Å². The number of hydrogen-bond donors (Lipinski definition) is 1. The lowest BCUT2D eigenvalue weighted by Crippen LogP contribution is -2.31. The number of rotatable bonds is 10. The van der Waals surface area contributed by atoms with Crippen LogP contribution in [0.3, 0.4) is 0 Å². The molecule has 0 atom stereocenters. The topological polar surface area (TPSA) is 111 Å². The van der Waals surface area contributed by atoms with Crippen molar-refractivity contribution in [2.75, 3.05) is 6.54 Å². The summed E-state index contributed by atoms with van der Waals surface area (Å²) in [6, 6.07) is 24.4. The Kier molecular flexibility index (Phi) is 9.18. The number of nitrogens with zero attached hydrogens (tertiary/aromatic N) is 2. The van der Waals surface area contributed by atoms with Gasteiger partial charge in [0.25, 0.3) is 5.91 Å². The number of aromatic nitrogens is 1. The van der Waals surface area contributed by atoms with Crippen LogP contribution in [0, 0.1) is 25.2 Å². The Bertz CT molecular complexity index is 2050. The zero-order valence-electron chi connectivity index (χ0n) is 25.8. The normalized spacial score (nSPS) is 12.0. The lowest BCUT2D eigenvalue weighted by Gasteiger charge is -2.21. The molecule has 1 aliphatic heterocycles. The smallest absolute Gasteiger partial charge is 0.251 e. The number of carbonyl (C=O) groups excluding carboxylic acids is 2. The first kappa shape index (κ1) is 31.3. The number of aldehydes is 1. The van der Waals surface area contributed by atoms with Crippen molar-refractivity contribution in [2.45, 2.75) is 33.5 Å². The number of ether oxygens (including phenoxy) is 3. The molecule has 4 aromatic carbocycles. The van der Waals surface area contributed by atoms with Crippen LogP contribution >= 0.6 is 11.6 Å². The van der Waals surface area contributed by atoms with Crippen LogP contribution in [0.5, 0.6) is 23.0 Å². The maximum absolute atomic E-state index is 12.4. The summed E-state index contributed by atoms with van der Waals surface area (Å²) in [5.41, 5.74) is 7.94.